The fourth-order valence-electron chi connectivity index (χ4n) is 4.09. The molecule has 0 fully saturated rings. The first-order chi connectivity index (χ1) is 18.9. The number of hydrogen-bond donors (Lipinski definition) is 3. The smallest absolute Gasteiger partial charge is 0.306 e. The van der Waals surface area contributed by atoms with E-state index in [-0.39, 0.29) is 12.2 Å². The van der Waals surface area contributed by atoms with Gasteiger partial charge in [0, 0.05) is 17.7 Å². The summed E-state index contributed by atoms with van der Waals surface area (Å²) in [5.74, 6) is -2.10. The highest BCUT2D eigenvalue weighted by Gasteiger charge is 2.32. The van der Waals surface area contributed by atoms with Crippen LogP contribution in [-0.2, 0) is 25.6 Å². The summed E-state index contributed by atoms with van der Waals surface area (Å²) < 4.78 is 39.8. The van der Waals surface area contributed by atoms with Crippen molar-refractivity contribution in [1.29, 1.82) is 0 Å². The van der Waals surface area contributed by atoms with Crippen LogP contribution in [0.5, 0.6) is 11.5 Å². The number of alkyl halides is 2. The van der Waals surface area contributed by atoms with Crippen LogP contribution in [0.3, 0.4) is 0 Å². The van der Waals surface area contributed by atoms with Crippen molar-refractivity contribution in [3.8, 4) is 11.5 Å². The van der Waals surface area contributed by atoms with Crippen molar-refractivity contribution in [3.05, 3.63) is 131 Å². The lowest BCUT2D eigenvalue weighted by molar-refractivity contribution is -0.0467. The number of benzene rings is 4. The van der Waals surface area contributed by atoms with E-state index in [0.717, 1.165) is 11.1 Å². The van der Waals surface area contributed by atoms with Crippen molar-refractivity contribution in [3.63, 3.8) is 0 Å². The third kappa shape index (κ3) is 8.35. The maximum Gasteiger partial charge on any atom is 0.306 e. The zero-order valence-electron chi connectivity index (χ0n) is 21.6. The lowest BCUT2D eigenvalue weighted by Gasteiger charge is -2.17. The highest BCUT2D eigenvalue weighted by Crippen LogP contribution is 2.29. The van der Waals surface area contributed by atoms with Gasteiger partial charge in [0.25, 0.3) is 0 Å². The molecule has 0 bridgehead atoms. The number of ether oxygens (including phenoxy) is 2. The Balaban J connectivity index is 1.20. The van der Waals surface area contributed by atoms with Gasteiger partial charge in [-0.3, -0.25) is 0 Å². The van der Waals surface area contributed by atoms with E-state index < -0.39 is 18.6 Å². The minimum atomic E-state index is -3.07. The van der Waals surface area contributed by atoms with Gasteiger partial charge < -0.3 is 25.0 Å². The molecule has 7 heteroatoms. The molecule has 0 spiro atoms. The summed E-state index contributed by atoms with van der Waals surface area (Å²) in [4.78, 5) is 0. The number of nitrogens with one attached hydrogen (secondary N) is 1. The van der Waals surface area contributed by atoms with Crippen LogP contribution in [0, 0.1) is 0 Å². The normalized spacial score (nSPS) is 12.2. The van der Waals surface area contributed by atoms with E-state index in [0.29, 0.717) is 48.7 Å². The molecule has 0 radical (unpaired) electrons. The first kappa shape index (κ1) is 28.2. The third-order valence-corrected chi connectivity index (χ3v) is 6.34. The second kappa shape index (κ2) is 13.8. The van der Waals surface area contributed by atoms with Crippen LogP contribution in [0.25, 0.3) is 0 Å². The Kier molecular flexibility index (Phi) is 10.0. The van der Waals surface area contributed by atoms with Crippen LogP contribution >= 0.6 is 0 Å². The monoisotopic (exact) mass is 533 g/mol. The Morgan fingerprint density at radius 3 is 2.18 bits per heavy atom. The Hall–Kier alpha value is -3.78. The maximum atomic E-state index is 14.3. The molecule has 5 nitrogen and oxygen atoms in total. The van der Waals surface area contributed by atoms with Gasteiger partial charge in [0.1, 0.15) is 18.1 Å². The summed E-state index contributed by atoms with van der Waals surface area (Å²) in [5, 5.41) is 23.6. The number of halogens is 2. The highest BCUT2D eigenvalue weighted by atomic mass is 19.3. The number of aliphatic hydroxyl groups is 2. The van der Waals surface area contributed by atoms with Gasteiger partial charge in [-0.05, 0) is 53.9 Å². The van der Waals surface area contributed by atoms with Crippen molar-refractivity contribution < 1.29 is 28.5 Å². The van der Waals surface area contributed by atoms with E-state index in [1.807, 2.05) is 42.5 Å². The van der Waals surface area contributed by atoms with Crippen LogP contribution < -0.4 is 14.8 Å². The van der Waals surface area contributed by atoms with Crippen molar-refractivity contribution in [2.75, 3.05) is 19.7 Å². The lowest BCUT2D eigenvalue weighted by Crippen LogP contribution is -2.24. The minimum absolute atomic E-state index is 0.0743. The zero-order chi connectivity index (χ0) is 27.5. The second-order valence-electron chi connectivity index (χ2n) is 9.27. The van der Waals surface area contributed by atoms with Crippen molar-refractivity contribution in [2.24, 2.45) is 0 Å². The lowest BCUT2D eigenvalue weighted by atomic mass is 10.0. The van der Waals surface area contributed by atoms with Gasteiger partial charge in [0.15, 0.2) is 6.61 Å². The summed E-state index contributed by atoms with van der Waals surface area (Å²) in [6, 6.07) is 29.8. The van der Waals surface area contributed by atoms with E-state index in [2.05, 4.69) is 5.32 Å². The number of rotatable bonds is 14. The molecule has 0 aromatic heterocycles. The minimum Gasteiger partial charge on any atom is -0.489 e. The van der Waals surface area contributed by atoms with Gasteiger partial charge in [-0.1, -0.05) is 78.9 Å². The van der Waals surface area contributed by atoms with Gasteiger partial charge in [0.2, 0.25) is 0 Å². The molecule has 204 valence electrons. The SMILES string of the molecule is OCc1cc(C(O)CNCCc2ccc(OCC(F)(F)c3ccccc3)cc2)ccc1OCc1ccccc1. The zero-order valence-corrected chi connectivity index (χ0v) is 21.6. The average molecular weight is 534 g/mol. The van der Waals surface area contributed by atoms with Crippen LogP contribution in [-0.4, -0.2) is 29.9 Å². The largest absolute Gasteiger partial charge is 0.489 e. The number of aliphatic hydroxyl groups excluding tert-OH is 2. The predicted molar refractivity (Wildman–Crippen MR) is 147 cm³/mol. The molecule has 4 aromatic carbocycles. The molecule has 1 unspecified atom stereocenters. The molecule has 4 aromatic rings. The fraction of sp³-hybridized carbons (Fsp3) is 0.250. The summed E-state index contributed by atoms with van der Waals surface area (Å²) in [6.07, 6.45) is -0.0537. The van der Waals surface area contributed by atoms with Gasteiger partial charge >= 0.3 is 5.92 Å². The molecule has 0 heterocycles. The van der Waals surface area contributed by atoms with Crippen LogP contribution in [0.4, 0.5) is 8.78 Å². The first-order valence-electron chi connectivity index (χ1n) is 12.9. The molecule has 0 aliphatic rings. The highest BCUT2D eigenvalue weighted by molar-refractivity contribution is 5.38. The van der Waals surface area contributed by atoms with Crippen molar-refractivity contribution in [2.45, 2.75) is 31.7 Å². The van der Waals surface area contributed by atoms with E-state index in [1.165, 1.54) is 12.1 Å². The third-order valence-electron chi connectivity index (χ3n) is 6.34. The molecule has 0 amide bonds. The fourth-order valence-corrected chi connectivity index (χ4v) is 4.09. The molecule has 39 heavy (non-hydrogen) atoms. The first-order valence-corrected chi connectivity index (χ1v) is 12.9. The maximum absolute atomic E-state index is 14.3. The Morgan fingerprint density at radius 1 is 0.795 bits per heavy atom. The predicted octanol–water partition coefficient (Wildman–Crippen LogP) is 5.79. The van der Waals surface area contributed by atoms with Gasteiger partial charge in [-0.25, -0.2) is 0 Å². The standard InChI is InChI=1S/C32H33F2NO4/c33-32(34,28-9-5-2-6-10-28)23-39-29-14-11-24(12-15-29)17-18-35-20-30(37)26-13-16-31(27(19-26)21-36)38-22-25-7-3-1-4-8-25/h1-16,19,30,35-37H,17-18,20-23H2. The Bertz CT molecular complexity index is 1280. The summed E-state index contributed by atoms with van der Waals surface area (Å²) in [6.45, 7) is 0.430. The van der Waals surface area contributed by atoms with E-state index in [1.54, 1.807) is 48.5 Å². The molecule has 3 N–H and O–H groups in total. The topological polar surface area (TPSA) is 71.0 Å². The molecule has 0 aliphatic carbocycles. The van der Waals surface area contributed by atoms with Gasteiger partial charge in [0.05, 0.1) is 12.7 Å². The summed E-state index contributed by atoms with van der Waals surface area (Å²) >= 11 is 0. The molecule has 0 saturated heterocycles. The molecular formula is C32H33F2NO4. The Labute approximate surface area is 227 Å². The van der Waals surface area contributed by atoms with Crippen LogP contribution in [0.2, 0.25) is 0 Å². The van der Waals surface area contributed by atoms with Crippen molar-refractivity contribution in [1.82, 2.24) is 5.32 Å². The molecule has 0 aliphatic heterocycles. The van der Waals surface area contributed by atoms with Crippen LogP contribution in [0.15, 0.2) is 103 Å². The molecular weight excluding hydrogens is 500 g/mol. The quantitative estimate of drug-likeness (QED) is 0.179. The van der Waals surface area contributed by atoms with Crippen molar-refractivity contribution >= 4 is 0 Å². The molecule has 0 saturated carbocycles. The van der Waals surface area contributed by atoms with E-state index >= 15 is 0 Å². The van der Waals surface area contributed by atoms with Crippen LogP contribution in [0.1, 0.15) is 33.9 Å². The van der Waals surface area contributed by atoms with Gasteiger partial charge in [-0.2, -0.15) is 8.78 Å². The van der Waals surface area contributed by atoms with E-state index in [9.17, 15) is 19.0 Å². The van der Waals surface area contributed by atoms with E-state index in [4.69, 9.17) is 9.47 Å². The molecule has 1 atom stereocenters. The summed E-state index contributed by atoms with van der Waals surface area (Å²) in [5.41, 5.74) is 3.27. The summed E-state index contributed by atoms with van der Waals surface area (Å²) in [7, 11) is 0. The van der Waals surface area contributed by atoms with Gasteiger partial charge in [-0.15, -0.1) is 0 Å². The Morgan fingerprint density at radius 2 is 1.49 bits per heavy atom. The molecule has 4 rings (SSSR count). The average Bonchev–Trinajstić information content (AvgIpc) is 2.98. The number of hydrogen-bond acceptors (Lipinski definition) is 5. The second-order valence-corrected chi connectivity index (χ2v) is 9.27.